The highest BCUT2D eigenvalue weighted by molar-refractivity contribution is 5.06. The molecular weight excluding hydrogens is 248 g/mol. The predicted molar refractivity (Wildman–Crippen MR) is 82.7 cm³/mol. The third-order valence-electron chi connectivity index (χ3n) is 6.28. The van der Waals surface area contributed by atoms with Crippen LogP contribution in [0.4, 0.5) is 0 Å². The van der Waals surface area contributed by atoms with Gasteiger partial charge in [-0.25, -0.2) is 0 Å². The first-order chi connectivity index (χ1) is 9.69. The Kier molecular flexibility index (Phi) is 4.40. The monoisotopic (exact) mass is 280 g/mol. The van der Waals surface area contributed by atoms with E-state index in [1.807, 2.05) is 0 Å². The number of nitrogens with two attached hydrogens (primary N) is 1. The van der Waals surface area contributed by atoms with Gasteiger partial charge in [0.15, 0.2) is 0 Å². The fourth-order valence-electron chi connectivity index (χ4n) is 5.41. The zero-order valence-electron chi connectivity index (χ0n) is 13.3. The fraction of sp³-hybridized carbons (Fsp3) is 1.00. The first-order valence-electron chi connectivity index (χ1n) is 8.77. The van der Waals surface area contributed by atoms with Gasteiger partial charge in [0.1, 0.15) is 0 Å². The topological polar surface area (TPSA) is 38.5 Å². The molecular formula is C17H32N2O. The predicted octanol–water partition coefficient (Wildman–Crippen LogP) is 2.78. The summed E-state index contributed by atoms with van der Waals surface area (Å²) in [6, 6.07) is 0.645. The highest BCUT2D eigenvalue weighted by atomic mass is 16.5. The van der Waals surface area contributed by atoms with Crippen molar-refractivity contribution < 1.29 is 4.74 Å². The van der Waals surface area contributed by atoms with Gasteiger partial charge in [-0.15, -0.1) is 0 Å². The number of hydrogen-bond donors (Lipinski definition) is 1. The molecule has 4 atom stereocenters. The van der Waals surface area contributed by atoms with Crippen LogP contribution in [0.5, 0.6) is 0 Å². The second kappa shape index (κ2) is 5.94. The highest BCUT2D eigenvalue weighted by Crippen LogP contribution is 2.46. The average molecular weight is 280 g/mol. The lowest BCUT2D eigenvalue weighted by Gasteiger charge is -2.57. The standard InChI is InChI=1S/C17H32N2O/c1-13(2)14-6-3-4-9-17(14,12-18)19-10-11-20-16-8-5-7-15(16)19/h13-16H,3-12,18H2,1-2H3. The lowest BCUT2D eigenvalue weighted by molar-refractivity contribution is -0.128. The minimum Gasteiger partial charge on any atom is -0.375 e. The zero-order valence-corrected chi connectivity index (χ0v) is 13.3. The van der Waals surface area contributed by atoms with Crippen LogP contribution in [0.25, 0.3) is 0 Å². The Bertz CT molecular complexity index is 333. The molecule has 116 valence electrons. The molecule has 3 rings (SSSR count). The Balaban J connectivity index is 1.89. The molecule has 3 heteroatoms. The van der Waals surface area contributed by atoms with E-state index in [1.165, 1.54) is 44.9 Å². The lowest BCUT2D eigenvalue weighted by atomic mass is 9.66. The van der Waals surface area contributed by atoms with Crippen molar-refractivity contribution in [2.24, 2.45) is 17.6 Å². The van der Waals surface area contributed by atoms with Gasteiger partial charge < -0.3 is 10.5 Å². The average Bonchev–Trinajstić information content (AvgIpc) is 2.95. The highest BCUT2D eigenvalue weighted by Gasteiger charge is 2.51. The van der Waals surface area contributed by atoms with Crippen LogP contribution in [-0.4, -0.2) is 42.3 Å². The summed E-state index contributed by atoms with van der Waals surface area (Å²) < 4.78 is 6.03. The Morgan fingerprint density at radius 3 is 2.80 bits per heavy atom. The molecule has 0 aromatic rings. The molecule has 0 spiro atoms. The van der Waals surface area contributed by atoms with Gasteiger partial charge in [0.05, 0.1) is 12.7 Å². The molecule has 2 N–H and O–H groups in total. The van der Waals surface area contributed by atoms with Crippen LogP contribution < -0.4 is 5.73 Å². The van der Waals surface area contributed by atoms with E-state index in [0.29, 0.717) is 12.1 Å². The Morgan fingerprint density at radius 1 is 1.20 bits per heavy atom. The van der Waals surface area contributed by atoms with Crippen LogP contribution in [0, 0.1) is 11.8 Å². The third-order valence-corrected chi connectivity index (χ3v) is 6.28. The quantitative estimate of drug-likeness (QED) is 0.864. The molecule has 0 bridgehead atoms. The molecule has 3 aliphatic rings. The smallest absolute Gasteiger partial charge is 0.0731 e. The molecule has 20 heavy (non-hydrogen) atoms. The molecule has 4 unspecified atom stereocenters. The summed E-state index contributed by atoms with van der Waals surface area (Å²) in [6.45, 7) is 7.63. The van der Waals surface area contributed by atoms with Crippen LogP contribution in [0.15, 0.2) is 0 Å². The molecule has 1 aliphatic heterocycles. The molecule has 2 aliphatic carbocycles. The molecule has 3 fully saturated rings. The van der Waals surface area contributed by atoms with Crippen molar-refractivity contribution in [2.45, 2.75) is 76.5 Å². The summed E-state index contributed by atoms with van der Waals surface area (Å²) in [7, 11) is 0. The normalized spacial score (nSPS) is 42.9. The summed E-state index contributed by atoms with van der Waals surface area (Å²) in [5, 5.41) is 0. The van der Waals surface area contributed by atoms with Crippen molar-refractivity contribution in [3.63, 3.8) is 0 Å². The summed E-state index contributed by atoms with van der Waals surface area (Å²) in [6.07, 6.45) is 9.81. The van der Waals surface area contributed by atoms with Crippen LogP contribution in [-0.2, 0) is 4.74 Å². The molecule has 3 nitrogen and oxygen atoms in total. The lowest BCUT2D eigenvalue weighted by Crippen LogP contribution is -2.67. The van der Waals surface area contributed by atoms with E-state index in [1.54, 1.807) is 0 Å². The van der Waals surface area contributed by atoms with Crippen molar-refractivity contribution in [1.82, 2.24) is 4.90 Å². The van der Waals surface area contributed by atoms with Crippen molar-refractivity contribution >= 4 is 0 Å². The van der Waals surface area contributed by atoms with Crippen LogP contribution in [0.2, 0.25) is 0 Å². The molecule has 2 saturated carbocycles. The van der Waals surface area contributed by atoms with E-state index >= 15 is 0 Å². The number of hydrogen-bond acceptors (Lipinski definition) is 3. The number of ether oxygens (including phenoxy) is 1. The first kappa shape index (κ1) is 14.8. The van der Waals surface area contributed by atoms with Gasteiger partial charge in [-0.05, 0) is 43.9 Å². The Morgan fingerprint density at radius 2 is 2.05 bits per heavy atom. The van der Waals surface area contributed by atoms with Gasteiger partial charge in [0.2, 0.25) is 0 Å². The van der Waals surface area contributed by atoms with Gasteiger partial charge >= 0.3 is 0 Å². The minimum absolute atomic E-state index is 0.253. The molecule has 1 saturated heterocycles. The van der Waals surface area contributed by atoms with Crippen LogP contribution in [0.3, 0.4) is 0 Å². The van der Waals surface area contributed by atoms with Crippen LogP contribution >= 0.6 is 0 Å². The fourth-order valence-corrected chi connectivity index (χ4v) is 5.41. The van der Waals surface area contributed by atoms with Gasteiger partial charge in [-0.2, -0.15) is 0 Å². The Hall–Kier alpha value is -0.120. The van der Waals surface area contributed by atoms with Crippen molar-refractivity contribution in [3.05, 3.63) is 0 Å². The minimum atomic E-state index is 0.253. The largest absolute Gasteiger partial charge is 0.375 e. The molecule has 0 aromatic heterocycles. The maximum atomic E-state index is 6.40. The van der Waals surface area contributed by atoms with Gasteiger partial charge in [0.25, 0.3) is 0 Å². The number of fused-ring (bicyclic) bond motifs is 1. The Labute approximate surface area is 124 Å². The molecule has 0 aromatic carbocycles. The van der Waals surface area contributed by atoms with E-state index in [0.717, 1.165) is 31.5 Å². The number of morpholine rings is 1. The van der Waals surface area contributed by atoms with E-state index in [2.05, 4.69) is 18.7 Å². The van der Waals surface area contributed by atoms with E-state index in [4.69, 9.17) is 10.5 Å². The van der Waals surface area contributed by atoms with Crippen molar-refractivity contribution in [1.29, 1.82) is 0 Å². The van der Waals surface area contributed by atoms with E-state index in [9.17, 15) is 0 Å². The van der Waals surface area contributed by atoms with E-state index in [-0.39, 0.29) is 5.54 Å². The maximum absolute atomic E-state index is 6.40. The van der Waals surface area contributed by atoms with Crippen LogP contribution in [0.1, 0.15) is 58.8 Å². The zero-order chi connectivity index (χ0) is 14.2. The summed E-state index contributed by atoms with van der Waals surface area (Å²) in [5.41, 5.74) is 6.65. The number of nitrogens with zero attached hydrogens (tertiary/aromatic N) is 1. The second-order valence-corrected chi connectivity index (χ2v) is 7.50. The summed E-state index contributed by atoms with van der Waals surface area (Å²) in [5.74, 6) is 1.50. The second-order valence-electron chi connectivity index (χ2n) is 7.50. The summed E-state index contributed by atoms with van der Waals surface area (Å²) >= 11 is 0. The van der Waals surface area contributed by atoms with Gasteiger partial charge in [0, 0.05) is 24.7 Å². The van der Waals surface area contributed by atoms with Gasteiger partial charge in [-0.1, -0.05) is 26.7 Å². The number of rotatable bonds is 3. The molecule has 0 radical (unpaired) electrons. The van der Waals surface area contributed by atoms with Gasteiger partial charge in [-0.3, -0.25) is 4.90 Å². The first-order valence-corrected chi connectivity index (χ1v) is 8.77. The third kappa shape index (κ3) is 2.32. The van der Waals surface area contributed by atoms with Crippen molar-refractivity contribution in [3.8, 4) is 0 Å². The molecule has 1 heterocycles. The molecule has 0 amide bonds. The van der Waals surface area contributed by atoms with Crippen molar-refractivity contribution in [2.75, 3.05) is 19.7 Å². The maximum Gasteiger partial charge on any atom is 0.0731 e. The summed E-state index contributed by atoms with van der Waals surface area (Å²) in [4.78, 5) is 2.82. The SMILES string of the molecule is CC(C)C1CCCCC1(CN)N1CCOC2CCCC21. The van der Waals surface area contributed by atoms with E-state index < -0.39 is 0 Å².